The molecule has 4 rings (SSSR count). The molecule has 3 aromatic carbocycles. The minimum absolute atomic E-state index is 0.182. The number of carbonyl (C=O) groups excluding carboxylic acids is 1. The largest absolute Gasteiger partial charge is 0.493 e. The molecule has 0 aromatic heterocycles. The molecule has 0 N–H and O–H groups in total. The zero-order chi connectivity index (χ0) is 22.1. The lowest BCUT2D eigenvalue weighted by Crippen LogP contribution is -2.41. The molecule has 3 aromatic rings. The highest BCUT2D eigenvalue weighted by molar-refractivity contribution is 6.31. The van der Waals surface area contributed by atoms with E-state index in [0.29, 0.717) is 30.0 Å². The van der Waals surface area contributed by atoms with Crippen LogP contribution in [-0.2, 0) is 6.42 Å². The fourth-order valence-corrected chi connectivity index (χ4v) is 4.30. The summed E-state index contributed by atoms with van der Waals surface area (Å²) in [4.78, 5) is 14.9. The van der Waals surface area contributed by atoms with Gasteiger partial charge in [0, 0.05) is 22.7 Å². The number of rotatable bonds is 4. The van der Waals surface area contributed by atoms with Gasteiger partial charge in [-0.25, -0.2) is 8.78 Å². The van der Waals surface area contributed by atoms with Crippen molar-refractivity contribution in [1.82, 2.24) is 4.90 Å². The van der Waals surface area contributed by atoms with Crippen molar-refractivity contribution in [2.24, 2.45) is 0 Å². The summed E-state index contributed by atoms with van der Waals surface area (Å²) in [5, 5.41) is 0.199. The molecule has 0 saturated heterocycles. The maximum atomic E-state index is 15.0. The molecule has 0 saturated carbocycles. The minimum Gasteiger partial charge on any atom is -0.493 e. The van der Waals surface area contributed by atoms with Crippen LogP contribution >= 0.6 is 11.6 Å². The van der Waals surface area contributed by atoms with Gasteiger partial charge in [0.25, 0.3) is 5.91 Å². The summed E-state index contributed by atoms with van der Waals surface area (Å²) in [5.41, 5.74) is 1.94. The van der Waals surface area contributed by atoms with Crippen LogP contribution in [-0.4, -0.2) is 31.6 Å². The number of nitrogens with zero attached hydrogens (tertiary/aromatic N) is 1. The lowest BCUT2D eigenvalue weighted by Gasteiger charge is -2.38. The van der Waals surface area contributed by atoms with Crippen molar-refractivity contribution in [3.05, 3.63) is 93.5 Å². The maximum absolute atomic E-state index is 15.0. The van der Waals surface area contributed by atoms with Crippen molar-refractivity contribution < 1.29 is 23.0 Å². The molecule has 1 heterocycles. The molecule has 1 aliphatic heterocycles. The number of fused-ring (bicyclic) bond motifs is 1. The van der Waals surface area contributed by atoms with Crippen molar-refractivity contribution >= 4 is 17.5 Å². The van der Waals surface area contributed by atoms with Gasteiger partial charge in [-0.15, -0.1) is 0 Å². The molecule has 31 heavy (non-hydrogen) atoms. The summed E-state index contributed by atoms with van der Waals surface area (Å²) in [7, 11) is 3.05. The number of halogens is 3. The van der Waals surface area contributed by atoms with Crippen LogP contribution in [0.4, 0.5) is 8.78 Å². The van der Waals surface area contributed by atoms with Crippen LogP contribution in [0.2, 0.25) is 5.02 Å². The Labute approximate surface area is 184 Å². The Bertz CT molecular complexity index is 1130. The fourth-order valence-electron chi connectivity index (χ4n) is 4.04. The summed E-state index contributed by atoms with van der Waals surface area (Å²) < 4.78 is 39.6. The second kappa shape index (κ2) is 8.55. The molecule has 7 heteroatoms. The smallest absolute Gasteiger partial charge is 0.254 e. The SMILES string of the molecule is COc1cc2c(cc1OC)[C@@H](c1c(F)cccc1Cl)N(C(=O)c1cccc(F)c1)CC2. The Morgan fingerprint density at radius 3 is 2.42 bits per heavy atom. The van der Waals surface area contributed by atoms with Crippen LogP contribution in [0.15, 0.2) is 54.6 Å². The highest BCUT2D eigenvalue weighted by atomic mass is 35.5. The molecule has 4 nitrogen and oxygen atoms in total. The zero-order valence-corrected chi connectivity index (χ0v) is 17.7. The van der Waals surface area contributed by atoms with Crippen molar-refractivity contribution in [2.45, 2.75) is 12.5 Å². The Balaban J connectivity index is 1.92. The molecule has 1 aliphatic rings. The molecule has 0 aliphatic carbocycles. The molecular weight excluding hydrogens is 424 g/mol. The monoisotopic (exact) mass is 443 g/mol. The maximum Gasteiger partial charge on any atom is 0.254 e. The molecule has 0 unspecified atom stereocenters. The van der Waals surface area contributed by atoms with Gasteiger partial charge >= 0.3 is 0 Å². The average Bonchev–Trinajstić information content (AvgIpc) is 2.77. The highest BCUT2D eigenvalue weighted by Crippen LogP contribution is 2.44. The third-order valence-electron chi connectivity index (χ3n) is 5.48. The van der Waals surface area contributed by atoms with Gasteiger partial charge in [0.2, 0.25) is 0 Å². The van der Waals surface area contributed by atoms with Crippen molar-refractivity contribution in [3.63, 3.8) is 0 Å². The predicted octanol–water partition coefficient (Wildman–Crippen LogP) is 5.42. The quantitative estimate of drug-likeness (QED) is 0.540. The van der Waals surface area contributed by atoms with Crippen molar-refractivity contribution in [2.75, 3.05) is 20.8 Å². The highest BCUT2D eigenvalue weighted by Gasteiger charge is 2.36. The van der Waals surface area contributed by atoms with Crippen LogP contribution < -0.4 is 9.47 Å². The normalized spacial score (nSPS) is 15.4. The Kier molecular flexibility index (Phi) is 5.83. The average molecular weight is 444 g/mol. The molecule has 160 valence electrons. The van der Waals surface area contributed by atoms with Crippen molar-refractivity contribution in [1.29, 1.82) is 0 Å². The number of hydrogen-bond acceptors (Lipinski definition) is 3. The third-order valence-corrected chi connectivity index (χ3v) is 5.81. The Morgan fingerprint density at radius 2 is 1.74 bits per heavy atom. The number of amides is 1. The van der Waals surface area contributed by atoms with Gasteiger partial charge in [-0.1, -0.05) is 23.7 Å². The summed E-state index contributed by atoms with van der Waals surface area (Å²) >= 11 is 6.41. The van der Waals surface area contributed by atoms with Crippen LogP contribution in [0.25, 0.3) is 0 Å². The van der Waals surface area contributed by atoms with Gasteiger partial charge in [-0.05, 0) is 60.0 Å². The molecule has 1 amide bonds. The van der Waals surface area contributed by atoms with Crippen LogP contribution in [0.3, 0.4) is 0 Å². The lowest BCUT2D eigenvalue weighted by molar-refractivity contribution is 0.0691. The first kappa shape index (κ1) is 21.1. The molecule has 0 bridgehead atoms. The first-order valence-corrected chi connectivity index (χ1v) is 10.1. The van der Waals surface area contributed by atoms with E-state index in [1.54, 1.807) is 12.1 Å². The lowest BCUT2D eigenvalue weighted by atomic mass is 9.87. The predicted molar refractivity (Wildman–Crippen MR) is 114 cm³/mol. The van der Waals surface area contributed by atoms with Crippen LogP contribution in [0.5, 0.6) is 11.5 Å². The van der Waals surface area contributed by atoms with E-state index in [2.05, 4.69) is 0 Å². The van der Waals surface area contributed by atoms with E-state index in [-0.39, 0.29) is 16.1 Å². The molecule has 1 atom stereocenters. The first-order chi connectivity index (χ1) is 14.9. The number of benzene rings is 3. The van der Waals surface area contributed by atoms with Gasteiger partial charge in [0.05, 0.1) is 20.3 Å². The van der Waals surface area contributed by atoms with E-state index in [1.165, 1.54) is 55.5 Å². The van der Waals surface area contributed by atoms with E-state index >= 15 is 4.39 Å². The molecule has 0 spiro atoms. The summed E-state index contributed by atoms with van der Waals surface area (Å²) in [6.07, 6.45) is 0.513. The Hall–Kier alpha value is -3.12. The van der Waals surface area contributed by atoms with E-state index in [1.807, 2.05) is 6.07 Å². The Morgan fingerprint density at radius 1 is 1.03 bits per heavy atom. The topological polar surface area (TPSA) is 38.8 Å². The van der Waals surface area contributed by atoms with E-state index in [0.717, 1.165) is 5.56 Å². The van der Waals surface area contributed by atoms with Crippen LogP contribution in [0.1, 0.15) is 33.1 Å². The summed E-state index contributed by atoms with van der Waals surface area (Å²) in [5.74, 6) is -0.458. The van der Waals surface area contributed by atoms with Gasteiger partial charge in [0.15, 0.2) is 11.5 Å². The number of carbonyl (C=O) groups is 1. The van der Waals surface area contributed by atoms with Crippen molar-refractivity contribution in [3.8, 4) is 11.5 Å². The third kappa shape index (κ3) is 3.83. The standard InChI is InChI=1S/C24H20ClF2NO3/c1-30-20-12-14-9-10-28(24(29)15-5-3-6-16(26)11-15)23(17(14)13-21(20)31-2)22-18(25)7-4-8-19(22)27/h3-8,11-13,23H,9-10H2,1-2H3/t23-/m0/s1. The zero-order valence-electron chi connectivity index (χ0n) is 17.0. The second-order valence-corrected chi connectivity index (χ2v) is 7.61. The minimum atomic E-state index is -0.812. The number of ether oxygens (including phenoxy) is 2. The van der Waals surface area contributed by atoms with Gasteiger partial charge in [0.1, 0.15) is 11.6 Å². The first-order valence-electron chi connectivity index (χ1n) is 9.69. The summed E-state index contributed by atoms with van der Waals surface area (Å²) in [6, 6.07) is 12.6. The van der Waals surface area contributed by atoms with Gasteiger partial charge in [-0.3, -0.25) is 4.79 Å². The molecule has 0 radical (unpaired) electrons. The number of hydrogen-bond donors (Lipinski definition) is 0. The fraction of sp³-hybridized carbons (Fsp3) is 0.208. The van der Waals surface area contributed by atoms with Crippen LogP contribution in [0, 0.1) is 11.6 Å². The van der Waals surface area contributed by atoms with E-state index in [4.69, 9.17) is 21.1 Å². The van der Waals surface area contributed by atoms with E-state index < -0.39 is 23.6 Å². The second-order valence-electron chi connectivity index (χ2n) is 7.20. The summed E-state index contributed by atoms with van der Waals surface area (Å²) in [6.45, 7) is 0.299. The molecular formula is C24H20ClF2NO3. The number of methoxy groups -OCH3 is 2. The van der Waals surface area contributed by atoms with Gasteiger partial charge < -0.3 is 14.4 Å². The molecule has 0 fully saturated rings. The van der Waals surface area contributed by atoms with Gasteiger partial charge in [-0.2, -0.15) is 0 Å². The van der Waals surface area contributed by atoms with E-state index in [9.17, 15) is 9.18 Å².